The van der Waals surface area contributed by atoms with Gasteiger partial charge in [0.1, 0.15) is 29.7 Å². The van der Waals surface area contributed by atoms with Crippen molar-refractivity contribution in [1.82, 2.24) is 29.4 Å². The molecule has 1 atom stereocenters. The van der Waals surface area contributed by atoms with Crippen LogP contribution >= 0.6 is 0 Å². The largest absolute Gasteiger partial charge is 0.490 e. The Morgan fingerprint density at radius 1 is 1.04 bits per heavy atom. The minimum absolute atomic E-state index is 0.0782. The predicted octanol–water partition coefficient (Wildman–Crippen LogP) is 6.05. The molecule has 2 aliphatic rings. The zero-order valence-corrected chi connectivity index (χ0v) is 26.0. The van der Waals surface area contributed by atoms with E-state index in [1.807, 2.05) is 49.1 Å². The Bertz CT molecular complexity index is 2020. The summed E-state index contributed by atoms with van der Waals surface area (Å²) in [5.41, 5.74) is 6.99. The predicted molar refractivity (Wildman–Crippen MR) is 170 cm³/mol. The molecule has 1 aliphatic carbocycles. The Morgan fingerprint density at radius 3 is 2.67 bits per heavy atom. The van der Waals surface area contributed by atoms with Crippen LogP contribution in [-0.4, -0.2) is 62.2 Å². The summed E-state index contributed by atoms with van der Waals surface area (Å²) in [7, 11) is 3.43. The first-order valence-corrected chi connectivity index (χ1v) is 15.4. The van der Waals surface area contributed by atoms with Crippen LogP contribution in [0.1, 0.15) is 36.2 Å². The van der Waals surface area contributed by atoms with Crippen molar-refractivity contribution in [1.29, 1.82) is 0 Å². The highest BCUT2D eigenvalue weighted by atomic mass is 19.1. The molecule has 1 amide bonds. The van der Waals surface area contributed by atoms with Gasteiger partial charge in [-0.25, -0.2) is 13.8 Å². The van der Waals surface area contributed by atoms with Crippen LogP contribution in [0, 0.1) is 11.6 Å². The summed E-state index contributed by atoms with van der Waals surface area (Å²) in [4.78, 5) is 19.6. The lowest BCUT2D eigenvalue weighted by molar-refractivity contribution is -0.129. The van der Waals surface area contributed by atoms with Gasteiger partial charge >= 0.3 is 0 Å². The summed E-state index contributed by atoms with van der Waals surface area (Å²) >= 11 is 0. The van der Waals surface area contributed by atoms with Gasteiger partial charge in [-0.3, -0.25) is 14.2 Å². The van der Waals surface area contributed by atoms with E-state index in [0.29, 0.717) is 36.5 Å². The molecule has 0 N–H and O–H groups in total. The highest BCUT2D eigenvalue weighted by Gasteiger charge is 2.33. The molecule has 0 fully saturated rings. The molecule has 7 rings (SSSR count). The highest BCUT2D eigenvalue weighted by Crippen LogP contribution is 2.47. The summed E-state index contributed by atoms with van der Waals surface area (Å²) in [6.07, 6.45) is 5.56. The summed E-state index contributed by atoms with van der Waals surface area (Å²) < 4.78 is 45.5. The molecular formula is C35H34F2N6O3. The Morgan fingerprint density at radius 2 is 1.87 bits per heavy atom. The van der Waals surface area contributed by atoms with Gasteiger partial charge in [-0.2, -0.15) is 10.2 Å². The zero-order chi connectivity index (χ0) is 32.1. The van der Waals surface area contributed by atoms with E-state index >= 15 is 4.39 Å². The molecule has 0 bridgehead atoms. The summed E-state index contributed by atoms with van der Waals surface area (Å²) in [6.45, 7) is 6.93. The van der Waals surface area contributed by atoms with Gasteiger partial charge in [-0.1, -0.05) is 18.7 Å². The van der Waals surface area contributed by atoms with Crippen molar-refractivity contribution in [2.24, 2.45) is 7.05 Å². The average molecular weight is 625 g/mol. The van der Waals surface area contributed by atoms with Gasteiger partial charge in [0.05, 0.1) is 47.4 Å². The maximum Gasteiger partial charge on any atom is 0.246 e. The van der Waals surface area contributed by atoms with Crippen molar-refractivity contribution in [3.05, 3.63) is 83.7 Å². The van der Waals surface area contributed by atoms with Gasteiger partial charge in [0.15, 0.2) is 0 Å². The molecule has 11 heteroatoms. The van der Waals surface area contributed by atoms with Crippen molar-refractivity contribution < 1.29 is 23.0 Å². The van der Waals surface area contributed by atoms with Gasteiger partial charge in [-0.15, -0.1) is 0 Å². The number of benzene rings is 2. The third-order valence-corrected chi connectivity index (χ3v) is 8.93. The number of hydrogen-bond acceptors (Lipinski definition) is 6. The number of pyridine rings is 1. The SMILES string of the molecule is C=CC(=O)N1CCn2nc(-c3nc(-c4ccc5cn(C)nc5c4)c4c(c3-c3c(F)cc(F)cc3OCCOC)CCC4)cc2[C@H]1C. The maximum absolute atomic E-state index is 16.1. The standard InChI is InChI=1S/C35H34F2N6O3/c1-5-31(44)42-11-12-43-29(20(42)2)18-28(40-43)35-32(33-26(37)16-23(36)17-30(33)46-14-13-45-4)24-7-6-8-25(24)34(38-35)21-9-10-22-19-41(3)39-27(22)15-21/h5,9-10,15-20H,1,6-8,11-14H2,2-4H3/t20-/m1/s1. The third-order valence-electron chi connectivity index (χ3n) is 8.93. The van der Waals surface area contributed by atoms with E-state index in [4.69, 9.17) is 19.6 Å². The lowest BCUT2D eigenvalue weighted by Crippen LogP contribution is -2.40. The van der Waals surface area contributed by atoms with Crippen molar-refractivity contribution in [2.75, 3.05) is 26.9 Å². The second kappa shape index (κ2) is 11.8. The lowest BCUT2D eigenvalue weighted by Gasteiger charge is -2.33. The number of halogens is 2. The summed E-state index contributed by atoms with van der Waals surface area (Å²) in [5.74, 6) is -1.56. The number of rotatable bonds is 8. The van der Waals surface area contributed by atoms with Crippen LogP contribution in [0.4, 0.5) is 8.78 Å². The van der Waals surface area contributed by atoms with E-state index in [9.17, 15) is 9.18 Å². The monoisotopic (exact) mass is 624 g/mol. The van der Waals surface area contributed by atoms with Gasteiger partial charge in [0, 0.05) is 55.5 Å². The zero-order valence-electron chi connectivity index (χ0n) is 26.0. The normalized spacial score (nSPS) is 15.7. The Balaban J connectivity index is 1.48. The number of carbonyl (C=O) groups is 1. The second-order valence-corrected chi connectivity index (χ2v) is 11.8. The van der Waals surface area contributed by atoms with E-state index in [1.54, 1.807) is 9.58 Å². The molecule has 9 nitrogen and oxygen atoms in total. The summed E-state index contributed by atoms with van der Waals surface area (Å²) in [5, 5.41) is 10.6. The molecule has 0 unspecified atom stereocenters. The molecule has 2 aromatic carbocycles. The molecule has 236 valence electrons. The maximum atomic E-state index is 16.1. The molecular weight excluding hydrogens is 590 g/mol. The van der Waals surface area contributed by atoms with Crippen LogP contribution in [0.3, 0.4) is 0 Å². The molecule has 46 heavy (non-hydrogen) atoms. The van der Waals surface area contributed by atoms with Crippen LogP contribution in [0.25, 0.3) is 44.7 Å². The van der Waals surface area contributed by atoms with Gasteiger partial charge in [-0.05, 0) is 55.5 Å². The Labute approximate surface area is 265 Å². The summed E-state index contributed by atoms with van der Waals surface area (Å²) in [6, 6.07) is 9.82. The minimum atomic E-state index is -0.743. The first-order valence-electron chi connectivity index (χ1n) is 15.4. The van der Waals surface area contributed by atoms with Gasteiger partial charge < -0.3 is 14.4 Å². The fourth-order valence-corrected chi connectivity index (χ4v) is 6.82. The number of aromatic nitrogens is 5. The van der Waals surface area contributed by atoms with Crippen LogP contribution in [0.5, 0.6) is 5.75 Å². The molecule has 0 spiro atoms. The average Bonchev–Trinajstić information content (AvgIpc) is 3.78. The topological polar surface area (TPSA) is 87.3 Å². The quantitative estimate of drug-likeness (QED) is 0.154. The molecule has 3 aromatic heterocycles. The first kappa shape index (κ1) is 29.8. The molecule has 0 radical (unpaired) electrons. The van der Waals surface area contributed by atoms with Crippen LogP contribution in [-0.2, 0) is 36.0 Å². The van der Waals surface area contributed by atoms with E-state index in [-0.39, 0.29) is 36.5 Å². The molecule has 4 heterocycles. The number of aryl methyl sites for hydroxylation is 1. The fourth-order valence-electron chi connectivity index (χ4n) is 6.82. The Kier molecular flexibility index (Phi) is 7.64. The number of ether oxygens (including phenoxy) is 2. The number of fused-ring (bicyclic) bond motifs is 3. The van der Waals surface area contributed by atoms with Crippen molar-refractivity contribution >= 4 is 16.8 Å². The van der Waals surface area contributed by atoms with Crippen LogP contribution in [0.15, 0.2) is 55.3 Å². The molecule has 0 saturated carbocycles. The van der Waals surface area contributed by atoms with Gasteiger partial charge in [0.25, 0.3) is 0 Å². The van der Waals surface area contributed by atoms with Crippen molar-refractivity contribution in [2.45, 2.75) is 38.8 Å². The molecule has 1 aliphatic heterocycles. The Hall–Kier alpha value is -4.90. The van der Waals surface area contributed by atoms with Crippen LogP contribution < -0.4 is 4.74 Å². The highest BCUT2D eigenvalue weighted by molar-refractivity contribution is 5.91. The van der Waals surface area contributed by atoms with Crippen LogP contribution in [0.2, 0.25) is 0 Å². The first-order chi connectivity index (χ1) is 22.3. The third kappa shape index (κ3) is 5.04. The van der Waals surface area contributed by atoms with E-state index < -0.39 is 11.6 Å². The number of amides is 1. The number of carbonyl (C=O) groups excluding carboxylic acids is 1. The lowest BCUT2D eigenvalue weighted by atomic mass is 9.90. The smallest absolute Gasteiger partial charge is 0.246 e. The van der Waals surface area contributed by atoms with Crippen molar-refractivity contribution in [3.63, 3.8) is 0 Å². The molecule has 0 saturated heterocycles. The van der Waals surface area contributed by atoms with E-state index in [1.165, 1.54) is 19.3 Å². The fraction of sp³-hybridized carbons (Fsp3) is 0.314. The second-order valence-electron chi connectivity index (χ2n) is 11.8. The number of methoxy groups -OCH3 is 1. The molecule has 5 aromatic rings. The van der Waals surface area contributed by atoms with Gasteiger partial charge in [0.2, 0.25) is 5.91 Å². The number of nitrogens with zero attached hydrogens (tertiary/aromatic N) is 6. The van der Waals surface area contributed by atoms with E-state index in [0.717, 1.165) is 57.9 Å². The minimum Gasteiger partial charge on any atom is -0.490 e. The number of hydrogen-bond donors (Lipinski definition) is 0. The van der Waals surface area contributed by atoms with Crippen molar-refractivity contribution in [3.8, 4) is 39.5 Å². The van der Waals surface area contributed by atoms with E-state index in [2.05, 4.69) is 11.7 Å².